The summed E-state index contributed by atoms with van der Waals surface area (Å²) < 4.78 is 32.1. The summed E-state index contributed by atoms with van der Waals surface area (Å²) in [5, 5.41) is 11.1. The van der Waals surface area contributed by atoms with Crippen LogP contribution in [0.15, 0.2) is 41.3 Å². The lowest BCUT2D eigenvalue weighted by Crippen LogP contribution is -2.14. The maximum absolute atomic E-state index is 12.4. The number of nitro benzene ring substituents is 1. The average molecular weight is 357 g/mol. The molecule has 0 spiro atoms. The Morgan fingerprint density at radius 3 is 2.52 bits per heavy atom. The van der Waals surface area contributed by atoms with Gasteiger partial charge in [-0.1, -0.05) is 17.7 Å². The van der Waals surface area contributed by atoms with Gasteiger partial charge in [0.1, 0.15) is 5.75 Å². The van der Waals surface area contributed by atoms with Crippen molar-refractivity contribution in [3.63, 3.8) is 0 Å². The molecule has 0 aliphatic rings. The van der Waals surface area contributed by atoms with Gasteiger partial charge in [0.05, 0.1) is 33.2 Å². The fourth-order valence-electron chi connectivity index (χ4n) is 1.95. The van der Waals surface area contributed by atoms with E-state index < -0.39 is 14.9 Å². The van der Waals surface area contributed by atoms with Crippen molar-refractivity contribution in [3.05, 3.63) is 57.1 Å². The Kier molecular flexibility index (Phi) is 4.76. The first-order valence-electron chi connectivity index (χ1n) is 6.36. The van der Waals surface area contributed by atoms with Gasteiger partial charge in [-0.3, -0.25) is 14.8 Å². The molecule has 0 bridgehead atoms. The molecule has 0 atom stereocenters. The van der Waals surface area contributed by atoms with Gasteiger partial charge in [0.25, 0.3) is 15.7 Å². The molecule has 9 heteroatoms. The van der Waals surface area contributed by atoms with Crippen molar-refractivity contribution in [3.8, 4) is 5.75 Å². The molecule has 2 aromatic rings. The van der Waals surface area contributed by atoms with Crippen LogP contribution in [0.1, 0.15) is 5.56 Å². The molecular formula is C14H13ClN2O5S. The number of nitro groups is 1. The van der Waals surface area contributed by atoms with Crippen LogP contribution in [0, 0.1) is 17.0 Å². The van der Waals surface area contributed by atoms with Gasteiger partial charge in [-0.2, -0.15) is 0 Å². The first-order valence-corrected chi connectivity index (χ1v) is 8.22. The Hall–Kier alpha value is -2.32. The maximum Gasteiger partial charge on any atom is 0.274 e. The molecule has 0 saturated heterocycles. The zero-order valence-corrected chi connectivity index (χ0v) is 13.8. The van der Waals surface area contributed by atoms with Crippen molar-refractivity contribution in [2.45, 2.75) is 11.8 Å². The van der Waals surface area contributed by atoms with E-state index in [4.69, 9.17) is 16.3 Å². The van der Waals surface area contributed by atoms with Crippen LogP contribution in [-0.2, 0) is 10.0 Å². The van der Waals surface area contributed by atoms with Gasteiger partial charge in [0.2, 0.25) is 0 Å². The van der Waals surface area contributed by atoms with E-state index in [1.165, 1.54) is 50.4 Å². The number of nitrogens with zero attached hydrogens (tertiary/aromatic N) is 1. The van der Waals surface area contributed by atoms with Gasteiger partial charge in [-0.05, 0) is 31.2 Å². The summed E-state index contributed by atoms with van der Waals surface area (Å²) in [6, 6.07) is 8.17. The van der Waals surface area contributed by atoms with Crippen molar-refractivity contribution < 1.29 is 18.1 Å². The van der Waals surface area contributed by atoms with Crippen LogP contribution < -0.4 is 9.46 Å². The molecule has 122 valence electrons. The number of halogens is 1. The van der Waals surface area contributed by atoms with Crippen LogP contribution in [0.5, 0.6) is 5.75 Å². The lowest BCUT2D eigenvalue weighted by Gasteiger charge is -2.11. The number of nitrogens with one attached hydrogen (secondary N) is 1. The number of rotatable bonds is 5. The molecule has 0 heterocycles. The second-order valence-corrected chi connectivity index (χ2v) is 6.70. The quantitative estimate of drug-likeness (QED) is 0.654. The fourth-order valence-corrected chi connectivity index (χ4v) is 3.42. The zero-order chi connectivity index (χ0) is 17.2. The largest absolute Gasteiger partial charge is 0.495 e. The minimum absolute atomic E-state index is 0.0748. The zero-order valence-electron chi connectivity index (χ0n) is 12.2. The number of hydrogen-bond donors (Lipinski definition) is 1. The third-order valence-electron chi connectivity index (χ3n) is 3.18. The lowest BCUT2D eigenvalue weighted by atomic mass is 10.2. The Bertz CT molecular complexity index is 867. The summed E-state index contributed by atoms with van der Waals surface area (Å²) in [5.41, 5.74) is 0.185. The number of hydrogen-bond acceptors (Lipinski definition) is 5. The molecule has 2 aromatic carbocycles. The maximum atomic E-state index is 12.4. The number of sulfonamides is 1. The molecule has 0 saturated carbocycles. The monoisotopic (exact) mass is 356 g/mol. The summed E-state index contributed by atoms with van der Waals surface area (Å²) in [4.78, 5) is 10.3. The molecule has 0 unspecified atom stereocenters. The van der Waals surface area contributed by atoms with Crippen LogP contribution in [0.3, 0.4) is 0 Å². The minimum atomic E-state index is -3.94. The highest BCUT2D eigenvalue weighted by Gasteiger charge is 2.20. The Morgan fingerprint density at radius 2 is 1.96 bits per heavy atom. The molecule has 0 aliphatic heterocycles. The van der Waals surface area contributed by atoms with Gasteiger partial charge in [0, 0.05) is 6.07 Å². The first-order chi connectivity index (χ1) is 10.8. The Morgan fingerprint density at radius 1 is 1.26 bits per heavy atom. The van der Waals surface area contributed by atoms with E-state index in [9.17, 15) is 18.5 Å². The summed E-state index contributed by atoms with van der Waals surface area (Å²) >= 11 is 5.93. The van der Waals surface area contributed by atoms with E-state index in [1.54, 1.807) is 0 Å². The average Bonchev–Trinajstić information content (AvgIpc) is 2.48. The summed E-state index contributed by atoms with van der Waals surface area (Å²) in [6.07, 6.45) is 0. The van der Waals surface area contributed by atoms with Crippen LogP contribution in [0.4, 0.5) is 11.4 Å². The topological polar surface area (TPSA) is 98.5 Å². The van der Waals surface area contributed by atoms with Gasteiger partial charge >= 0.3 is 0 Å². The molecule has 23 heavy (non-hydrogen) atoms. The molecule has 7 nitrogen and oxygen atoms in total. The number of benzene rings is 2. The lowest BCUT2D eigenvalue weighted by molar-refractivity contribution is -0.385. The van der Waals surface area contributed by atoms with E-state index in [0.29, 0.717) is 5.75 Å². The molecule has 1 N–H and O–H groups in total. The van der Waals surface area contributed by atoms with Crippen LogP contribution >= 0.6 is 11.6 Å². The fraction of sp³-hybridized carbons (Fsp3) is 0.143. The normalized spacial score (nSPS) is 11.1. The summed E-state index contributed by atoms with van der Waals surface area (Å²) in [6.45, 7) is 1.47. The number of anilines is 1. The second kappa shape index (κ2) is 6.43. The summed E-state index contributed by atoms with van der Waals surface area (Å²) in [7, 11) is -2.52. The standard InChI is InChI=1S/C14H13ClN2O5S/c1-9-12(4-3-5-13(9)17(18)19)16-23(20,21)10-6-7-14(22-2)11(15)8-10/h3-8,16H,1-2H3. The third kappa shape index (κ3) is 3.54. The molecule has 0 aromatic heterocycles. The second-order valence-electron chi connectivity index (χ2n) is 4.61. The molecular weight excluding hydrogens is 344 g/mol. The molecule has 0 fully saturated rings. The number of methoxy groups -OCH3 is 1. The Balaban J connectivity index is 2.41. The highest BCUT2D eigenvalue weighted by molar-refractivity contribution is 7.92. The smallest absolute Gasteiger partial charge is 0.274 e. The van der Waals surface area contributed by atoms with Crippen molar-refractivity contribution in [2.24, 2.45) is 0 Å². The van der Waals surface area contributed by atoms with Crippen LogP contribution in [-0.4, -0.2) is 20.5 Å². The van der Waals surface area contributed by atoms with Crippen LogP contribution in [0.2, 0.25) is 5.02 Å². The van der Waals surface area contributed by atoms with Crippen molar-refractivity contribution in [1.82, 2.24) is 0 Å². The minimum Gasteiger partial charge on any atom is -0.495 e. The third-order valence-corrected chi connectivity index (χ3v) is 4.84. The van der Waals surface area contributed by atoms with E-state index in [0.717, 1.165) is 0 Å². The number of ether oxygens (including phenoxy) is 1. The first kappa shape index (κ1) is 17.0. The van der Waals surface area contributed by atoms with Crippen molar-refractivity contribution >= 4 is 33.0 Å². The van der Waals surface area contributed by atoms with Crippen LogP contribution in [0.25, 0.3) is 0 Å². The highest BCUT2D eigenvalue weighted by Crippen LogP contribution is 2.30. The molecule has 2 rings (SSSR count). The predicted molar refractivity (Wildman–Crippen MR) is 86.6 cm³/mol. The van der Waals surface area contributed by atoms with E-state index in [1.807, 2.05) is 0 Å². The molecule has 0 radical (unpaired) electrons. The van der Waals surface area contributed by atoms with Gasteiger partial charge in [0.15, 0.2) is 0 Å². The van der Waals surface area contributed by atoms with Gasteiger partial charge < -0.3 is 4.74 Å². The van der Waals surface area contributed by atoms with Crippen molar-refractivity contribution in [1.29, 1.82) is 0 Å². The molecule has 0 aliphatic carbocycles. The van der Waals surface area contributed by atoms with E-state index in [2.05, 4.69) is 4.72 Å². The predicted octanol–water partition coefficient (Wildman–Crippen LogP) is 3.37. The van der Waals surface area contributed by atoms with Crippen molar-refractivity contribution in [2.75, 3.05) is 11.8 Å². The van der Waals surface area contributed by atoms with E-state index in [-0.39, 0.29) is 26.9 Å². The summed E-state index contributed by atoms with van der Waals surface area (Å²) in [5.74, 6) is 0.345. The van der Waals surface area contributed by atoms with Gasteiger partial charge in [-0.15, -0.1) is 0 Å². The molecule has 0 amide bonds. The highest BCUT2D eigenvalue weighted by atomic mass is 35.5. The van der Waals surface area contributed by atoms with E-state index >= 15 is 0 Å². The SMILES string of the molecule is COc1ccc(S(=O)(=O)Nc2cccc([N+](=O)[O-])c2C)cc1Cl. The van der Waals surface area contributed by atoms with Gasteiger partial charge in [-0.25, -0.2) is 8.42 Å². The Labute approximate surface area is 138 Å².